The van der Waals surface area contributed by atoms with Crippen molar-refractivity contribution in [2.24, 2.45) is 14.1 Å². The van der Waals surface area contributed by atoms with Crippen molar-refractivity contribution in [3.8, 4) is 0 Å². The molecule has 0 unspecified atom stereocenters. The highest BCUT2D eigenvalue weighted by molar-refractivity contribution is 6.01. The van der Waals surface area contributed by atoms with Crippen molar-refractivity contribution in [3.05, 3.63) is 46.0 Å². The van der Waals surface area contributed by atoms with Gasteiger partial charge in [-0.3, -0.25) is 0 Å². The third-order valence-corrected chi connectivity index (χ3v) is 5.55. The number of nitrogens with zero attached hydrogens (tertiary/aromatic N) is 2. The first-order valence-corrected chi connectivity index (χ1v) is 8.49. The minimum Gasteiger partial charge on any atom is -0.347 e. The van der Waals surface area contributed by atoms with E-state index in [1.165, 1.54) is 33.9 Å². The SMILES string of the molecule is CC(C)c1cc2c(n1C)C1=C(C2)c2c(cc(C(C)C)n2C)C1. The van der Waals surface area contributed by atoms with E-state index < -0.39 is 0 Å². The van der Waals surface area contributed by atoms with Crippen molar-refractivity contribution in [3.63, 3.8) is 0 Å². The van der Waals surface area contributed by atoms with Crippen LogP contribution in [0.15, 0.2) is 12.1 Å². The van der Waals surface area contributed by atoms with Crippen LogP contribution in [0, 0.1) is 0 Å². The lowest BCUT2D eigenvalue weighted by Gasteiger charge is -2.12. The smallest absolute Gasteiger partial charge is 0.0481 e. The van der Waals surface area contributed by atoms with Crippen molar-refractivity contribution in [2.45, 2.75) is 52.4 Å². The zero-order chi connectivity index (χ0) is 15.8. The van der Waals surface area contributed by atoms with Gasteiger partial charge in [-0.15, -0.1) is 0 Å². The standard InChI is InChI=1S/C20H26N2/c1-11(2)17-9-13-7-16-15(19(13)21(17)5)8-14-10-18(12(3)4)22(6)20(14)16/h9-12H,7-8H2,1-6H3. The van der Waals surface area contributed by atoms with E-state index in [9.17, 15) is 0 Å². The molecule has 2 aromatic heterocycles. The molecule has 0 saturated heterocycles. The normalized spacial score (nSPS) is 16.0. The number of hydrogen-bond acceptors (Lipinski definition) is 0. The second kappa shape index (κ2) is 4.41. The third-order valence-electron chi connectivity index (χ3n) is 5.55. The molecule has 0 atom stereocenters. The summed E-state index contributed by atoms with van der Waals surface area (Å²) >= 11 is 0. The van der Waals surface area contributed by atoms with Gasteiger partial charge in [0.1, 0.15) is 0 Å². The number of fused-ring (bicyclic) bond motifs is 4. The Hall–Kier alpha value is -1.70. The number of hydrogen-bond donors (Lipinski definition) is 0. The molecule has 0 bridgehead atoms. The predicted molar refractivity (Wildman–Crippen MR) is 93.2 cm³/mol. The lowest BCUT2D eigenvalue weighted by molar-refractivity contribution is 0.734. The molecule has 2 heterocycles. The van der Waals surface area contributed by atoms with Crippen molar-refractivity contribution in [1.29, 1.82) is 0 Å². The molecule has 0 fully saturated rings. The quantitative estimate of drug-likeness (QED) is 0.764. The predicted octanol–water partition coefficient (Wildman–Crippen LogP) is 4.63. The van der Waals surface area contributed by atoms with Gasteiger partial charge in [0.25, 0.3) is 0 Å². The van der Waals surface area contributed by atoms with Crippen LogP contribution in [0.3, 0.4) is 0 Å². The van der Waals surface area contributed by atoms with Gasteiger partial charge in [-0.2, -0.15) is 0 Å². The van der Waals surface area contributed by atoms with Crippen LogP contribution in [0.1, 0.15) is 73.4 Å². The van der Waals surface area contributed by atoms with Crippen molar-refractivity contribution >= 4 is 11.1 Å². The van der Waals surface area contributed by atoms with Gasteiger partial charge in [-0.25, -0.2) is 0 Å². The molecule has 0 aromatic carbocycles. The lowest BCUT2D eigenvalue weighted by Crippen LogP contribution is -2.03. The fourth-order valence-electron chi connectivity index (χ4n) is 4.59. The Kier molecular flexibility index (Phi) is 2.79. The maximum Gasteiger partial charge on any atom is 0.0481 e. The van der Waals surface area contributed by atoms with Gasteiger partial charge in [0.05, 0.1) is 0 Å². The monoisotopic (exact) mass is 294 g/mol. The Morgan fingerprint density at radius 3 is 1.41 bits per heavy atom. The minimum absolute atomic E-state index is 0.593. The first kappa shape index (κ1) is 13.9. The van der Waals surface area contributed by atoms with Crippen LogP contribution in [0.4, 0.5) is 0 Å². The fourth-order valence-corrected chi connectivity index (χ4v) is 4.59. The van der Waals surface area contributed by atoms with E-state index in [1.54, 1.807) is 11.1 Å². The Morgan fingerprint density at radius 1 is 0.727 bits per heavy atom. The Morgan fingerprint density at radius 2 is 1.09 bits per heavy atom. The molecule has 0 spiro atoms. The van der Waals surface area contributed by atoms with Crippen LogP contribution >= 0.6 is 0 Å². The highest BCUT2D eigenvalue weighted by Gasteiger charge is 2.35. The van der Waals surface area contributed by atoms with Gasteiger partial charge in [0.2, 0.25) is 0 Å². The van der Waals surface area contributed by atoms with E-state index in [-0.39, 0.29) is 0 Å². The van der Waals surface area contributed by atoms with Crippen LogP contribution < -0.4 is 0 Å². The van der Waals surface area contributed by atoms with Gasteiger partial charge in [-0.05, 0) is 46.2 Å². The number of rotatable bonds is 2. The fraction of sp³-hybridized carbons (Fsp3) is 0.500. The third kappa shape index (κ3) is 1.61. The van der Waals surface area contributed by atoms with E-state index in [2.05, 4.69) is 63.1 Å². The second-order valence-electron chi connectivity index (χ2n) is 7.62. The van der Waals surface area contributed by atoms with E-state index in [4.69, 9.17) is 0 Å². The summed E-state index contributed by atoms with van der Waals surface area (Å²) in [6.45, 7) is 9.16. The maximum atomic E-state index is 2.44. The van der Waals surface area contributed by atoms with E-state index in [0.29, 0.717) is 11.8 Å². The molecule has 0 saturated carbocycles. The van der Waals surface area contributed by atoms with Crippen LogP contribution in [0.2, 0.25) is 0 Å². The minimum atomic E-state index is 0.593. The Bertz CT molecular complexity index is 741. The molecule has 2 nitrogen and oxygen atoms in total. The molecular formula is C20H26N2. The number of aromatic nitrogens is 2. The first-order valence-electron chi connectivity index (χ1n) is 8.49. The summed E-state index contributed by atoms with van der Waals surface area (Å²) in [5.74, 6) is 1.19. The summed E-state index contributed by atoms with van der Waals surface area (Å²) in [6.07, 6.45) is 2.24. The maximum absolute atomic E-state index is 2.44. The Labute approximate surface area is 133 Å². The van der Waals surface area contributed by atoms with Gasteiger partial charge in [0, 0.05) is 49.7 Å². The molecule has 2 aromatic rings. The van der Waals surface area contributed by atoms with Crippen LogP contribution in [0.25, 0.3) is 11.1 Å². The zero-order valence-corrected chi connectivity index (χ0v) is 14.6. The number of allylic oxidation sites excluding steroid dienone is 2. The molecule has 2 aliphatic carbocycles. The largest absolute Gasteiger partial charge is 0.347 e. The van der Waals surface area contributed by atoms with Crippen LogP contribution in [0.5, 0.6) is 0 Å². The lowest BCUT2D eigenvalue weighted by atomic mass is 10.1. The zero-order valence-electron chi connectivity index (χ0n) is 14.6. The first-order chi connectivity index (χ1) is 10.4. The van der Waals surface area contributed by atoms with Gasteiger partial charge in [0.15, 0.2) is 0 Å². The molecule has 0 radical (unpaired) electrons. The van der Waals surface area contributed by atoms with Crippen LogP contribution in [-0.2, 0) is 26.9 Å². The summed E-state index contributed by atoms with van der Waals surface area (Å²) in [5, 5.41) is 0. The summed E-state index contributed by atoms with van der Waals surface area (Å²) in [5.41, 5.74) is 12.2. The summed E-state index contributed by atoms with van der Waals surface area (Å²) in [6, 6.07) is 4.87. The van der Waals surface area contributed by atoms with Gasteiger partial charge < -0.3 is 9.13 Å². The van der Waals surface area contributed by atoms with Crippen molar-refractivity contribution in [1.82, 2.24) is 9.13 Å². The molecule has 2 aliphatic rings. The molecule has 0 aliphatic heterocycles. The Balaban J connectivity index is 1.84. The highest BCUT2D eigenvalue weighted by Crippen LogP contribution is 2.48. The summed E-state index contributed by atoms with van der Waals surface area (Å²) in [4.78, 5) is 0. The average Bonchev–Trinajstić information content (AvgIpc) is 3.09. The molecule has 4 rings (SSSR count). The molecule has 2 heteroatoms. The molecule has 0 amide bonds. The molecule has 22 heavy (non-hydrogen) atoms. The molecule has 116 valence electrons. The average molecular weight is 294 g/mol. The highest BCUT2D eigenvalue weighted by atomic mass is 15.0. The summed E-state index contributed by atoms with van der Waals surface area (Å²) < 4.78 is 4.88. The topological polar surface area (TPSA) is 9.86 Å². The van der Waals surface area contributed by atoms with E-state index in [1.807, 2.05) is 0 Å². The van der Waals surface area contributed by atoms with Crippen LogP contribution in [-0.4, -0.2) is 9.13 Å². The van der Waals surface area contributed by atoms with Gasteiger partial charge >= 0.3 is 0 Å². The van der Waals surface area contributed by atoms with Crippen molar-refractivity contribution < 1.29 is 0 Å². The second-order valence-corrected chi connectivity index (χ2v) is 7.62. The summed E-state index contributed by atoms with van der Waals surface area (Å²) in [7, 11) is 4.49. The van der Waals surface area contributed by atoms with Crippen molar-refractivity contribution in [2.75, 3.05) is 0 Å². The van der Waals surface area contributed by atoms with Gasteiger partial charge in [-0.1, -0.05) is 27.7 Å². The molecule has 0 N–H and O–H groups in total. The van der Waals surface area contributed by atoms with E-state index >= 15 is 0 Å². The molecular weight excluding hydrogens is 268 g/mol. The van der Waals surface area contributed by atoms with E-state index in [0.717, 1.165) is 12.8 Å².